The standard InChI is InChI=1S/C18H18N2O2/c1-20(14-8-9-17(21-2)18(10-14)22-3)16-12-19-11-13-6-4-5-7-15(13)16/h4-12H,1-3H3. The lowest BCUT2D eigenvalue weighted by atomic mass is 10.1. The molecule has 0 aliphatic heterocycles. The van der Waals surface area contributed by atoms with Crippen molar-refractivity contribution in [1.82, 2.24) is 4.98 Å². The minimum atomic E-state index is 0.708. The number of hydrogen-bond acceptors (Lipinski definition) is 4. The average Bonchev–Trinajstić information content (AvgIpc) is 2.60. The molecule has 0 radical (unpaired) electrons. The SMILES string of the molecule is COc1ccc(N(C)c2cncc3ccccc23)cc1OC. The highest BCUT2D eigenvalue weighted by molar-refractivity contribution is 5.95. The normalized spacial score (nSPS) is 10.5. The van der Waals surface area contributed by atoms with E-state index in [1.54, 1.807) is 14.2 Å². The van der Waals surface area contributed by atoms with Crippen molar-refractivity contribution in [2.45, 2.75) is 0 Å². The number of fused-ring (bicyclic) bond motifs is 1. The van der Waals surface area contributed by atoms with Gasteiger partial charge in [-0.05, 0) is 12.1 Å². The maximum atomic E-state index is 5.38. The molecular weight excluding hydrogens is 276 g/mol. The van der Waals surface area contributed by atoms with Gasteiger partial charge in [0.1, 0.15) is 0 Å². The zero-order valence-corrected chi connectivity index (χ0v) is 12.9. The molecule has 4 heteroatoms. The van der Waals surface area contributed by atoms with Gasteiger partial charge in [0.25, 0.3) is 0 Å². The summed E-state index contributed by atoms with van der Waals surface area (Å²) in [6, 6.07) is 14.1. The van der Waals surface area contributed by atoms with Crippen LogP contribution in [0.5, 0.6) is 11.5 Å². The predicted molar refractivity (Wildman–Crippen MR) is 89.4 cm³/mol. The summed E-state index contributed by atoms with van der Waals surface area (Å²) in [5.74, 6) is 1.43. The Hall–Kier alpha value is -2.75. The van der Waals surface area contributed by atoms with E-state index in [2.05, 4.69) is 22.0 Å². The number of hydrogen-bond donors (Lipinski definition) is 0. The second-order valence-electron chi connectivity index (χ2n) is 4.98. The van der Waals surface area contributed by atoms with Crippen LogP contribution in [-0.4, -0.2) is 26.3 Å². The van der Waals surface area contributed by atoms with Gasteiger partial charge in [-0.3, -0.25) is 4.98 Å². The lowest BCUT2D eigenvalue weighted by Gasteiger charge is -2.22. The Morgan fingerprint density at radius 3 is 2.45 bits per heavy atom. The van der Waals surface area contributed by atoms with Crippen molar-refractivity contribution in [3.8, 4) is 11.5 Å². The minimum absolute atomic E-state index is 0.708. The van der Waals surface area contributed by atoms with Crippen molar-refractivity contribution in [2.75, 3.05) is 26.2 Å². The second kappa shape index (κ2) is 5.93. The Kier molecular flexibility index (Phi) is 3.83. The molecular formula is C18H18N2O2. The molecule has 0 N–H and O–H groups in total. The maximum absolute atomic E-state index is 5.38. The molecule has 0 fully saturated rings. The highest BCUT2D eigenvalue weighted by Gasteiger charge is 2.11. The summed E-state index contributed by atoms with van der Waals surface area (Å²) in [5, 5.41) is 2.28. The zero-order chi connectivity index (χ0) is 15.5. The fourth-order valence-electron chi connectivity index (χ4n) is 2.54. The highest BCUT2D eigenvalue weighted by Crippen LogP contribution is 2.35. The monoisotopic (exact) mass is 294 g/mol. The molecule has 0 atom stereocenters. The van der Waals surface area contributed by atoms with Gasteiger partial charge >= 0.3 is 0 Å². The molecule has 0 aliphatic carbocycles. The van der Waals surface area contributed by atoms with Crippen molar-refractivity contribution >= 4 is 22.1 Å². The van der Waals surface area contributed by atoms with Crippen molar-refractivity contribution in [1.29, 1.82) is 0 Å². The van der Waals surface area contributed by atoms with Gasteiger partial charge in [0.15, 0.2) is 11.5 Å². The van der Waals surface area contributed by atoms with Gasteiger partial charge in [0.05, 0.1) is 26.1 Å². The first-order valence-corrected chi connectivity index (χ1v) is 7.03. The quantitative estimate of drug-likeness (QED) is 0.728. The zero-order valence-electron chi connectivity index (χ0n) is 12.9. The van der Waals surface area contributed by atoms with Gasteiger partial charge in [-0.25, -0.2) is 0 Å². The Labute approximate surface area is 129 Å². The molecule has 112 valence electrons. The van der Waals surface area contributed by atoms with E-state index in [-0.39, 0.29) is 0 Å². The van der Waals surface area contributed by atoms with Crippen LogP contribution >= 0.6 is 0 Å². The largest absolute Gasteiger partial charge is 0.493 e. The summed E-state index contributed by atoms with van der Waals surface area (Å²) < 4.78 is 10.7. The molecule has 1 aromatic heterocycles. The molecule has 0 amide bonds. The molecule has 0 saturated heterocycles. The first-order chi connectivity index (χ1) is 10.7. The van der Waals surface area contributed by atoms with E-state index in [1.807, 2.05) is 49.8 Å². The molecule has 3 aromatic rings. The summed E-state index contributed by atoms with van der Waals surface area (Å²) >= 11 is 0. The van der Waals surface area contributed by atoms with E-state index in [4.69, 9.17) is 9.47 Å². The Morgan fingerprint density at radius 2 is 1.68 bits per heavy atom. The van der Waals surface area contributed by atoms with E-state index in [1.165, 1.54) is 0 Å². The van der Waals surface area contributed by atoms with E-state index in [0.717, 1.165) is 27.9 Å². The Bertz CT molecular complexity index is 797. The van der Waals surface area contributed by atoms with Crippen LogP contribution in [0.3, 0.4) is 0 Å². The first-order valence-electron chi connectivity index (χ1n) is 7.03. The van der Waals surface area contributed by atoms with Gasteiger partial charge in [-0.1, -0.05) is 24.3 Å². The molecule has 4 nitrogen and oxygen atoms in total. The van der Waals surface area contributed by atoms with Crippen molar-refractivity contribution < 1.29 is 9.47 Å². The number of pyridine rings is 1. The summed E-state index contributed by atoms with van der Waals surface area (Å²) in [5.41, 5.74) is 2.06. The van der Waals surface area contributed by atoms with Crippen molar-refractivity contribution in [3.05, 3.63) is 54.9 Å². The Balaban J connectivity index is 2.08. The summed E-state index contributed by atoms with van der Waals surface area (Å²) in [4.78, 5) is 6.43. The minimum Gasteiger partial charge on any atom is -0.493 e. The number of ether oxygens (including phenoxy) is 2. The van der Waals surface area contributed by atoms with Crippen LogP contribution in [0, 0.1) is 0 Å². The van der Waals surface area contributed by atoms with Gasteiger partial charge in [0, 0.05) is 35.8 Å². The van der Waals surface area contributed by atoms with Crippen LogP contribution < -0.4 is 14.4 Å². The van der Waals surface area contributed by atoms with E-state index >= 15 is 0 Å². The molecule has 22 heavy (non-hydrogen) atoms. The van der Waals surface area contributed by atoms with E-state index < -0.39 is 0 Å². The fourth-order valence-corrected chi connectivity index (χ4v) is 2.54. The molecule has 0 bridgehead atoms. The fraction of sp³-hybridized carbons (Fsp3) is 0.167. The highest BCUT2D eigenvalue weighted by atomic mass is 16.5. The number of nitrogens with zero attached hydrogens (tertiary/aromatic N) is 2. The van der Waals surface area contributed by atoms with Crippen LogP contribution in [-0.2, 0) is 0 Å². The molecule has 2 aromatic carbocycles. The average molecular weight is 294 g/mol. The molecule has 3 rings (SSSR count). The van der Waals surface area contributed by atoms with Gasteiger partial charge in [-0.2, -0.15) is 0 Å². The summed E-state index contributed by atoms with van der Waals surface area (Å²) in [6.45, 7) is 0. The second-order valence-corrected chi connectivity index (χ2v) is 4.98. The number of rotatable bonds is 4. The molecule has 0 spiro atoms. The topological polar surface area (TPSA) is 34.6 Å². The molecule has 1 heterocycles. The molecule has 0 saturated carbocycles. The van der Waals surface area contributed by atoms with E-state index in [0.29, 0.717) is 5.75 Å². The lowest BCUT2D eigenvalue weighted by molar-refractivity contribution is 0.355. The van der Waals surface area contributed by atoms with Crippen molar-refractivity contribution in [2.24, 2.45) is 0 Å². The number of anilines is 2. The maximum Gasteiger partial charge on any atom is 0.162 e. The predicted octanol–water partition coefficient (Wildman–Crippen LogP) is 4.02. The molecule has 0 aliphatic rings. The molecule has 0 unspecified atom stereocenters. The van der Waals surface area contributed by atoms with Gasteiger partial charge < -0.3 is 14.4 Å². The van der Waals surface area contributed by atoms with Crippen LogP contribution in [0.15, 0.2) is 54.9 Å². The third-order valence-electron chi connectivity index (χ3n) is 3.76. The van der Waals surface area contributed by atoms with Crippen LogP contribution in [0.25, 0.3) is 10.8 Å². The first kappa shape index (κ1) is 14.2. The number of aromatic nitrogens is 1. The smallest absolute Gasteiger partial charge is 0.162 e. The summed E-state index contributed by atoms with van der Waals surface area (Å²) in [6.07, 6.45) is 3.75. The third kappa shape index (κ3) is 2.44. The van der Waals surface area contributed by atoms with Crippen molar-refractivity contribution in [3.63, 3.8) is 0 Å². The number of benzene rings is 2. The lowest BCUT2D eigenvalue weighted by Crippen LogP contribution is -2.10. The Morgan fingerprint density at radius 1 is 0.909 bits per heavy atom. The van der Waals surface area contributed by atoms with Gasteiger partial charge in [-0.15, -0.1) is 0 Å². The summed E-state index contributed by atoms with van der Waals surface area (Å²) in [7, 11) is 5.29. The van der Waals surface area contributed by atoms with E-state index in [9.17, 15) is 0 Å². The van der Waals surface area contributed by atoms with Crippen LogP contribution in [0.2, 0.25) is 0 Å². The van der Waals surface area contributed by atoms with Crippen LogP contribution in [0.1, 0.15) is 0 Å². The number of methoxy groups -OCH3 is 2. The third-order valence-corrected chi connectivity index (χ3v) is 3.76. The van der Waals surface area contributed by atoms with Crippen LogP contribution in [0.4, 0.5) is 11.4 Å². The van der Waals surface area contributed by atoms with Gasteiger partial charge in [0.2, 0.25) is 0 Å².